The van der Waals surface area contributed by atoms with Gasteiger partial charge in [0, 0.05) is 37.2 Å². The Hall–Kier alpha value is -2.58. The fourth-order valence-corrected chi connectivity index (χ4v) is 5.87. The fourth-order valence-electron chi connectivity index (χ4n) is 4.40. The lowest BCUT2D eigenvalue weighted by Gasteiger charge is -2.34. The monoisotopic (exact) mass is 472 g/mol. The van der Waals surface area contributed by atoms with Crippen molar-refractivity contribution in [2.45, 2.75) is 50.1 Å². The molecule has 8 heteroatoms. The minimum atomic E-state index is -3.54. The molecule has 33 heavy (non-hydrogen) atoms. The van der Waals surface area contributed by atoms with E-state index in [-0.39, 0.29) is 17.9 Å². The van der Waals surface area contributed by atoms with Crippen molar-refractivity contribution in [3.8, 4) is 11.5 Å². The number of nitrogens with zero attached hydrogens (tertiary/aromatic N) is 2. The molecule has 0 atom stereocenters. The molecule has 4 rings (SSSR count). The van der Waals surface area contributed by atoms with E-state index in [4.69, 9.17) is 9.47 Å². The van der Waals surface area contributed by atoms with Gasteiger partial charge in [-0.3, -0.25) is 4.79 Å². The Labute approximate surface area is 196 Å². The number of ether oxygens (including phenoxy) is 2. The van der Waals surface area contributed by atoms with Gasteiger partial charge in [-0.05, 0) is 62.9 Å². The van der Waals surface area contributed by atoms with E-state index in [0.29, 0.717) is 37.4 Å². The highest BCUT2D eigenvalue weighted by Crippen LogP contribution is 2.35. The van der Waals surface area contributed by atoms with Crippen LogP contribution < -0.4 is 9.47 Å². The lowest BCUT2D eigenvalue weighted by atomic mass is 9.96. The number of methoxy groups -OCH3 is 2. The van der Waals surface area contributed by atoms with E-state index in [1.165, 1.54) is 4.31 Å². The molecule has 2 aromatic carbocycles. The number of amides is 1. The maximum absolute atomic E-state index is 13.5. The summed E-state index contributed by atoms with van der Waals surface area (Å²) in [5.41, 5.74) is 1.93. The summed E-state index contributed by atoms with van der Waals surface area (Å²) in [7, 11) is -0.297. The van der Waals surface area contributed by atoms with Gasteiger partial charge < -0.3 is 14.4 Å². The molecule has 0 radical (unpaired) electrons. The number of carbonyl (C=O) groups is 1. The summed E-state index contributed by atoms with van der Waals surface area (Å²) in [6, 6.07) is 12.8. The number of hydrogen-bond acceptors (Lipinski definition) is 5. The summed E-state index contributed by atoms with van der Waals surface area (Å²) in [4.78, 5) is 15.7. The van der Waals surface area contributed by atoms with E-state index in [1.54, 1.807) is 26.4 Å². The first-order valence-electron chi connectivity index (χ1n) is 11.4. The van der Waals surface area contributed by atoms with Gasteiger partial charge in [-0.2, -0.15) is 4.31 Å². The SMILES string of the molecule is COc1ccc(OC)c(CN(C(=O)C2CCN(S(=O)(=O)c3ccc(C)cc3)CC2)C2CC2)c1. The van der Waals surface area contributed by atoms with Gasteiger partial charge in [-0.25, -0.2) is 8.42 Å². The van der Waals surface area contributed by atoms with Crippen molar-refractivity contribution in [2.75, 3.05) is 27.3 Å². The topological polar surface area (TPSA) is 76.2 Å². The molecule has 7 nitrogen and oxygen atoms in total. The molecule has 2 aliphatic rings. The van der Waals surface area contributed by atoms with Crippen molar-refractivity contribution in [3.63, 3.8) is 0 Å². The number of carbonyl (C=O) groups excluding carboxylic acids is 1. The lowest BCUT2D eigenvalue weighted by Crippen LogP contribution is -2.44. The van der Waals surface area contributed by atoms with E-state index in [2.05, 4.69) is 0 Å². The van der Waals surface area contributed by atoms with Crippen LogP contribution in [0.2, 0.25) is 0 Å². The minimum absolute atomic E-state index is 0.106. The van der Waals surface area contributed by atoms with Crippen molar-refractivity contribution in [2.24, 2.45) is 5.92 Å². The Morgan fingerprint density at radius 2 is 1.67 bits per heavy atom. The Kier molecular flexibility index (Phi) is 6.95. The summed E-state index contributed by atoms with van der Waals surface area (Å²) < 4.78 is 38.4. The Bertz CT molecular complexity index is 1090. The van der Waals surface area contributed by atoms with Crippen LogP contribution in [-0.4, -0.2) is 56.9 Å². The highest BCUT2D eigenvalue weighted by Gasteiger charge is 2.39. The smallest absolute Gasteiger partial charge is 0.243 e. The van der Waals surface area contributed by atoms with Crippen molar-refractivity contribution in [1.82, 2.24) is 9.21 Å². The summed E-state index contributed by atoms with van der Waals surface area (Å²) >= 11 is 0. The normalized spacial score (nSPS) is 17.5. The van der Waals surface area contributed by atoms with E-state index in [0.717, 1.165) is 35.5 Å². The van der Waals surface area contributed by atoms with E-state index >= 15 is 0 Å². The van der Waals surface area contributed by atoms with Crippen molar-refractivity contribution in [1.29, 1.82) is 0 Å². The van der Waals surface area contributed by atoms with Crippen LogP contribution in [0.1, 0.15) is 36.8 Å². The second-order valence-electron chi connectivity index (χ2n) is 8.87. The predicted molar refractivity (Wildman–Crippen MR) is 126 cm³/mol. The maximum Gasteiger partial charge on any atom is 0.243 e. The van der Waals surface area contributed by atoms with Crippen LogP contribution in [-0.2, 0) is 21.4 Å². The van der Waals surface area contributed by atoms with Crippen molar-refractivity contribution < 1.29 is 22.7 Å². The molecular formula is C25H32N2O5S. The van der Waals surface area contributed by atoms with Gasteiger partial charge in [-0.15, -0.1) is 0 Å². The second-order valence-corrected chi connectivity index (χ2v) is 10.8. The Balaban J connectivity index is 1.44. The molecule has 1 saturated carbocycles. The first-order chi connectivity index (χ1) is 15.8. The zero-order valence-corrected chi connectivity index (χ0v) is 20.3. The molecule has 1 amide bonds. The minimum Gasteiger partial charge on any atom is -0.497 e. The van der Waals surface area contributed by atoms with Crippen LogP contribution in [0.15, 0.2) is 47.4 Å². The molecule has 178 valence electrons. The van der Waals surface area contributed by atoms with Crippen LogP contribution in [0.4, 0.5) is 0 Å². The van der Waals surface area contributed by atoms with Gasteiger partial charge in [-0.1, -0.05) is 17.7 Å². The number of benzene rings is 2. The molecule has 2 aromatic rings. The zero-order valence-electron chi connectivity index (χ0n) is 19.5. The standard InChI is InChI=1S/C25H32N2O5S/c1-18-4-9-23(10-5-18)33(29,30)26-14-12-19(13-15-26)25(28)27(21-6-7-21)17-20-16-22(31-2)8-11-24(20)32-3/h4-5,8-11,16,19,21H,6-7,12-15,17H2,1-3H3. The summed E-state index contributed by atoms with van der Waals surface area (Å²) in [6.07, 6.45) is 3.06. The van der Waals surface area contributed by atoms with Crippen LogP contribution >= 0.6 is 0 Å². The molecule has 0 unspecified atom stereocenters. The molecular weight excluding hydrogens is 440 g/mol. The number of hydrogen-bond donors (Lipinski definition) is 0. The van der Waals surface area contributed by atoms with E-state index < -0.39 is 10.0 Å². The molecule has 1 aliphatic heterocycles. The third-order valence-electron chi connectivity index (χ3n) is 6.56. The molecule has 2 fully saturated rings. The second kappa shape index (κ2) is 9.73. The first-order valence-corrected chi connectivity index (χ1v) is 12.9. The predicted octanol–water partition coefficient (Wildman–Crippen LogP) is 3.60. The average molecular weight is 473 g/mol. The molecule has 0 N–H and O–H groups in total. The molecule has 0 aromatic heterocycles. The summed E-state index contributed by atoms with van der Waals surface area (Å²) in [5.74, 6) is 1.39. The quantitative estimate of drug-likeness (QED) is 0.587. The van der Waals surface area contributed by atoms with Gasteiger partial charge in [0.1, 0.15) is 11.5 Å². The molecule has 0 bridgehead atoms. The molecule has 1 aliphatic carbocycles. The molecule has 1 heterocycles. The largest absolute Gasteiger partial charge is 0.497 e. The maximum atomic E-state index is 13.5. The molecule has 1 saturated heterocycles. The third kappa shape index (κ3) is 5.17. The Morgan fingerprint density at radius 1 is 1.00 bits per heavy atom. The van der Waals surface area contributed by atoms with Gasteiger partial charge in [0.25, 0.3) is 0 Å². The molecule has 0 spiro atoms. The summed E-state index contributed by atoms with van der Waals surface area (Å²) in [6.45, 7) is 3.10. The van der Waals surface area contributed by atoms with Crippen LogP contribution in [0.5, 0.6) is 11.5 Å². The lowest BCUT2D eigenvalue weighted by molar-refractivity contribution is -0.138. The van der Waals surface area contributed by atoms with Gasteiger partial charge in [0.2, 0.25) is 15.9 Å². The van der Waals surface area contributed by atoms with Gasteiger partial charge in [0.15, 0.2) is 0 Å². The van der Waals surface area contributed by atoms with Crippen LogP contribution in [0, 0.1) is 12.8 Å². The zero-order chi connectivity index (χ0) is 23.6. The van der Waals surface area contributed by atoms with Crippen molar-refractivity contribution >= 4 is 15.9 Å². The number of piperidine rings is 1. The van der Waals surface area contributed by atoms with Gasteiger partial charge in [0.05, 0.1) is 19.1 Å². The first kappa shape index (κ1) is 23.6. The fraction of sp³-hybridized carbons (Fsp3) is 0.480. The highest BCUT2D eigenvalue weighted by molar-refractivity contribution is 7.89. The van der Waals surface area contributed by atoms with E-state index in [1.807, 2.05) is 42.2 Å². The number of aryl methyl sites for hydroxylation is 1. The van der Waals surface area contributed by atoms with E-state index in [9.17, 15) is 13.2 Å². The third-order valence-corrected chi connectivity index (χ3v) is 8.47. The van der Waals surface area contributed by atoms with Gasteiger partial charge >= 0.3 is 0 Å². The Morgan fingerprint density at radius 3 is 2.24 bits per heavy atom. The number of sulfonamides is 1. The highest BCUT2D eigenvalue weighted by atomic mass is 32.2. The van der Waals surface area contributed by atoms with Crippen molar-refractivity contribution in [3.05, 3.63) is 53.6 Å². The average Bonchev–Trinajstić information content (AvgIpc) is 3.67. The summed E-state index contributed by atoms with van der Waals surface area (Å²) in [5, 5.41) is 0. The van der Waals surface area contributed by atoms with Crippen LogP contribution in [0.25, 0.3) is 0 Å². The van der Waals surface area contributed by atoms with Crippen LogP contribution in [0.3, 0.4) is 0 Å². The number of rotatable bonds is 8.